The van der Waals surface area contributed by atoms with Crippen molar-refractivity contribution in [2.45, 2.75) is 70.9 Å². The topological polar surface area (TPSA) is 12.5 Å². The first-order valence-electron chi connectivity index (χ1n) is 9.22. The summed E-state index contributed by atoms with van der Waals surface area (Å²) in [6.07, 6.45) is 5.21. The summed E-state index contributed by atoms with van der Waals surface area (Å²) < 4.78 is 5.52. The van der Waals surface area contributed by atoms with E-state index >= 15 is 0 Å². The molecule has 1 saturated heterocycles. The molecule has 1 saturated carbocycles. The Labute approximate surface area is 142 Å². The number of aryl methyl sites for hydroxylation is 1. The van der Waals surface area contributed by atoms with Gasteiger partial charge in [-0.05, 0) is 50.1 Å². The van der Waals surface area contributed by atoms with Crippen LogP contribution in [0.4, 0.5) is 0 Å². The van der Waals surface area contributed by atoms with Crippen LogP contribution in [-0.4, -0.2) is 37.2 Å². The van der Waals surface area contributed by atoms with Crippen LogP contribution in [-0.2, 0) is 10.2 Å². The van der Waals surface area contributed by atoms with Crippen molar-refractivity contribution in [1.29, 1.82) is 0 Å². The van der Waals surface area contributed by atoms with Gasteiger partial charge in [-0.1, -0.05) is 50.6 Å². The SMILES string of the molecule is COC[C@@H]1CCCN1[C@@H]1CCC(C)(C)[C@@]1(C)c1ccc(C)cc1. The lowest BCUT2D eigenvalue weighted by molar-refractivity contribution is 0.0504. The van der Waals surface area contributed by atoms with Gasteiger partial charge in [0.1, 0.15) is 0 Å². The van der Waals surface area contributed by atoms with Crippen LogP contribution < -0.4 is 0 Å². The molecular weight excluding hydrogens is 282 g/mol. The molecule has 0 amide bonds. The molecule has 0 bridgehead atoms. The third kappa shape index (κ3) is 2.74. The van der Waals surface area contributed by atoms with Gasteiger partial charge in [0.15, 0.2) is 0 Å². The molecule has 1 aromatic carbocycles. The molecule has 1 aliphatic heterocycles. The van der Waals surface area contributed by atoms with E-state index in [0.717, 1.165) is 6.61 Å². The van der Waals surface area contributed by atoms with Gasteiger partial charge in [0.05, 0.1) is 6.61 Å². The molecule has 1 heterocycles. The van der Waals surface area contributed by atoms with E-state index in [1.54, 1.807) is 0 Å². The van der Waals surface area contributed by atoms with Gasteiger partial charge in [0.2, 0.25) is 0 Å². The standard InChI is InChI=1S/C21H33NO/c1-16-8-10-17(11-9-16)21(4)19(12-13-20(21,2)3)22-14-6-7-18(22)15-23-5/h8-11,18-19H,6-7,12-15H2,1-5H3/t18-,19+,21-/m0/s1. The van der Waals surface area contributed by atoms with Crippen molar-refractivity contribution in [3.05, 3.63) is 35.4 Å². The Bertz CT molecular complexity index is 535. The second-order valence-electron chi connectivity index (χ2n) is 8.50. The molecule has 0 spiro atoms. The number of hydrogen-bond acceptors (Lipinski definition) is 2. The normalized spacial score (nSPS) is 34.1. The van der Waals surface area contributed by atoms with Gasteiger partial charge in [-0.3, -0.25) is 4.90 Å². The van der Waals surface area contributed by atoms with E-state index in [2.05, 4.69) is 56.9 Å². The van der Waals surface area contributed by atoms with E-state index in [-0.39, 0.29) is 5.41 Å². The Morgan fingerprint density at radius 2 is 1.83 bits per heavy atom. The molecule has 2 fully saturated rings. The van der Waals surface area contributed by atoms with E-state index < -0.39 is 0 Å². The number of nitrogens with zero attached hydrogens (tertiary/aromatic N) is 1. The number of rotatable bonds is 4. The highest BCUT2D eigenvalue weighted by molar-refractivity contribution is 5.34. The van der Waals surface area contributed by atoms with E-state index in [1.165, 1.54) is 43.4 Å². The smallest absolute Gasteiger partial charge is 0.0618 e. The zero-order valence-corrected chi connectivity index (χ0v) is 15.6. The lowest BCUT2D eigenvalue weighted by Crippen LogP contribution is -2.53. The predicted molar refractivity (Wildman–Crippen MR) is 96.9 cm³/mol. The molecule has 2 aliphatic rings. The van der Waals surface area contributed by atoms with Crippen LogP contribution in [0.5, 0.6) is 0 Å². The summed E-state index contributed by atoms with van der Waals surface area (Å²) >= 11 is 0. The summed E-state index contributed by atoms with van der Waals surface area (Å²) in [5, 5.41) is 0. The van der Waals surface area contributed by atoms with Crippen LogP contribution in [0.15, 0.2) is 24.3 Å². The lowest BCUT2D eigenvalue weighted by Gasteiger charge is -2.47. The van der Waals surface area contributed by atoms with Gasteiger partial charge in [0, 0.05) is 24.6 Å². The fourth-order valence-electron chi connectivity index (χ4n) is 5.12. The van der Waals surface area contributed by atoms with Crippen LogP contribution in [0.2, 0.25) is 0 Å². The first-order valence-corrected chi connectivity index (χ1v) is 9.22. The predicted octanol–water partition coefficient (Wildman–Crippen LogP) is 4.55. The molecular formula is C21H33NO. The summed E-state index contributed by atoms with van der Waals surface area (Å²) in [6.45, 7) is 11.7. The summed E-state index contributed by atoms with van der Waals surface area (Å²) in [5.41, 5.74) is 3.39. The number of benzene rings is 1. The van der Waals surface area contributed by atoms with E-state index in [4.69, 9.17) is 4.74 Å². The van der Waals surface area contributed by atoms with Gasteiger partial charge in [0.25, 0.3) is 0 Å². The molecule has 0 radical (unpaired) electrons. The molecule has 2 heteroatoms. The molecule has 3 atom stereocenters. The highest BCUT2D eigenvalue weighted by Crippen LogP contribution is 2.56. The van der Waals surface area contributed by atoms with Crippen molar-refractivity contribution >= 4 is 0 Å². The maximum absolute atomic E-state index is 5.52. The summed E-state index contributed by atoms with van der Waals surface area (Å²) in [4.78, 5) is 2.78. The first-order chi connectivity index (χ1) is 10.9. The summed E-state index contributed by atoms with van der Waals surface area (Å²) in [7, 11) is 1.84. The van der Waals surface area contributed by atoms with Crippen LogP contribution >= 0.6 is 0 Å². The Kier molecular flexibility index (Phi) is 4.59. The van der Waals surface area contributed by atoms with Crippen LogP contribution in [0.25, 0.3) is 0 Å². The maximum atomic E-state index is 5.52. The Morgan fingerprint density at radius 1 is 1.13 bits per heavy atom. The van der Waals surface area contributed by atoms with Gasteiger partial charge < -0.3 is 4.74 Å². The second kappa shape index (κ2) is 6.22. The molecule has 1 aliphatic carbocycles. The Hall–Kier alpha value is -0.860. The van der Waals surface area contributed by atoms with Crippen molar-refractivity contribution < 1.29 is 4.74 Å². The fraction of sp³-hybridized carbons (Fsp3) is 0.714. The summed E-state index contributed by atoms with van der Waals surface area (Å²) in [6, 6.07) is 10.5. The third-order valence-electron chi connectivity index (χ3n) is 6.95. The zero-order chi connectivity index (χ0) is 16.7. The molecule has 0 unspecified atom stereocenters. The molecule has 128 valence electrons. The highest BCUT2D eigenvalue weighted by Gasteiger charge is 2.55. The highest BCUT2D eigenvalue weighted by atomic mass is 16.5. The number of ether oxygens (including phenoxy) is 1. The second-order valence-corrected chi connectivity index (χ2v) is 8.50. The average molecular weight is 316 g/mol. The minimum absolute atomic E-state index is 0.205. The molecule has 23 heavy (non-hydrogen) atoms. The van der Waals surface area contributed by atoms with Gasteiger partial charge in [-0.2, -0.15) is 0 Å². The van der Waals surface area contributed by atoms with Crippen molar-refractivity contribution in [1.82, 2.24) is 4.90 Å². The number of methoxy groups -OCH3 is 1. The molecule has 1 aromatic rings. The Morgan fingerprint density at radius 3 is 2.48 bits per heavy atom. The maximum Gasteiger partial charge on any atom is 0.0618 e. The lowest BCUT2D eigenvalue weighted by atomic mass is 9.63. The van der Waals surface area contributed by atoms with Gasteiger partial charge >= 0.3 is 0 Å². The minimum Gasteiger partial charge on any atom is -0.383 e. The first kappa shape index (κ1) is 17.0. The van der Waals surface area contributed by atoms with Crippen molar-refractivity contribution in [3.8, 4) is 0 Å². The largest absolute Gasteiger partial charge is 0.383 e. The van der Waals surface area contributed by atoms with Gasteiger partial charge in [-0.15, -0.1) is 0 Å². The average Bonchev–Trinajstić information content (AvgIpc) is 3.04. The van der Waals surface area contributed by atoms with Crippen molar-refractivity contribution in [2.75, 3.05) is 20.3 Å². The van der Waals surface area contributed by atoms with Crippen LogP contribution in [0.3, 0.4) is 0 Å². The fourth-order valence-corrected chi connectivity index (χ4v) is 5.12. The zero-order valence-electron chi connectivity index (χ0n) is 15.6. The van der Waals surface area contributed by atoms with Crippen molar-refractivity contribution in [2.24, 2.45) is 5.41 Å². The molecule has 0 N–H and O–H groups in total. The third-order valence-corrected chi connectivity index (χ3v) is 6.95. The number of hydrogen-bond donors (Lipinski definition) is 0. The molecule has 3 rings (SSSR count). The van der Waals surface area contributed by atoms with Crippen LogP contribution in [0.1, 0.15) is 57.6 Å². The molecule has 2 nitrogen and oxygen atoms in total. The molecule has 0 aromatic heterocycles. The van der Waals surface area contributed by atoms with E-state index in [1.807, 2.05) is 7.11 Å². The monoisotopic (exact) mass is 315 g/mol. The van der Waals surface area contributed by atoms with E-state index in [9.17, 15) is 0 Å². The minimum atomic E-state index is 0.205. The summed E-state index contributed by atoms with van der Waals surface area (Å²) in [5.74, 6) is 0. The Balaban J connectivity index is 1.97. The van der Waals surface area contributed by atoms with Gasteiger partial charge in [-0.25, -0.2) is 0 Å². The number of likely N-dealkylation sites (tertiary alicyclic amines) is 1. The van der Waals surface area contributed by atoms with E-state index in [0.29, 0.717) is 17.5 Å². The van der Waals surface area contributed by atoms with Crippen LogP contribution in [0, 0.1) is 12.3 Å². The van der Waals surface area contributed by atoms with Crippen molar-refractivity contribution in [3.63, 3.8) is 0 Å². The quantitative estimate of drug-likeness (QED) is 0.808.